The van der Waals surface area contributed by atoms with Gasteiger partial charge in [0.05, 0.1) is 7.11 Å². The van der Waals surface area contributed by atoms with Gasteiger partial charge in [-0.05, 0) is 54.1 Å². The zero-order chi connectivity index (χ0) is 21.6. The van der Waals surface area contributed by atoms with Crippen LogP contribution in [0, 0.1) is 5.82 Å². The van der Waals surface area contributed by atoms with Gasteiger partial charge in [-0.2, -0.15) is 4.52 Å². The molecular weight excluding hydrogens is 399 g/mol. The maximum absolute atomic E-state index is 13.0. The Labute approximate surface area is 178 Å². The van der Waals surface area contributed by atoms with Gasteiger partial charge in [0.15, 0.2) is 11.5 Å². The normalized spacial score (nSPS) is 10.8. The zero-order valence-corrected chi connectivity index (χ0v) is 16.9. The van der Waals surface area contributed by atoms with Gasteiger partial charge in [-0.25, -0.2) is 4.39 Å². The highest BCUT2D eigenvalue weighted by molar-refractivity contribution is 5.90. The fourth-order valence-corrected chi connectivity index (χ4v) is 3.00. The molecule has 0 spiro atoms. The molecule has 0 saturated heterocycles. The third kappa shape index (κ3) is 5.13. The number of hydrogen-bond donors (Lipinski definition) is 2. The number of aromatic nitrogens is 4. The van der Waals surface area contributed by atoms with Gasteiger partial charge in [0, 0.05) is 25.1 Å². The zero-order valence-electron chi connectivity index (χ0n) is 16.9. The molecule has 0 atom stereocenters. The van der Waals surface area contributed by atoms with E-state index < -0.39 is 0 Å². The molecule has 4 aromatic rings. The highest BCUT2D eigenvalue weighted by Gasteiger charge is 2.11. The Morgan fingerprint density at radius 3 is 2.55 bits per heavy atom. The molecule has 2 aromatic heterocycles. The number of amides is 1. The van der Waals surface area contributed by atoms with Crippen LogP contribution in [0.25, 0.3) is 5.65 Å². The van der Waals surface area contributed by atoms with E-state index in [1.54, 1.807) is 60.2 Å². The summed E-state index contributed by atoms with van der Waals surface area (Å²) >= 11 is 0. The number of fused-ring (bicyclic) bond motifs is 1. The van der Waals surface area contributed by atoms with Gasteiger partial charge in [0.2, 0.25) is 5.91 Å². The van der Waals surface area contributed by atoms with Gasteiger partial charge in [-0.3, -0.25) is 4.79 Å². The van der Waals surface area contributed by atoms with Crippen LogP contribution in [0.3, 0.4) is 0 Å². The van der Waals surface area contributed by atoms with E-state index >= 15 is 0 Å². The molecule has 31 heavy (non-hydrogen) atoms. The van der Waals surface area contributed by atoms with Gasteiger partial charge in [0.25, 0.3) is 0 Å². The quantitative estimate of drug-likeness (QED) is 0.454. The summed E-state index contributed by atoms with van der Waals surface area (Å²) in [5.41, 5.74) is 2.22. The number of aryl methyl sites for hydroxylation is 1. The fraction of sp³-hybridized carbons (Fsp3) is 0.182. The molecular formula is C22H21FN6O2. The van der Waals surface area contributed by atoms with Crippen LogP contribution in [0.5, 0.6) is 5.75 Å². The van der Waals surface area contributed by atoms with E-state index in [-0.39, 0.29) is 18.1 Å². The summed E-state index contributed by atoms with van der Waals surface area (Å²) in [5, 5.41) is 18.8. The lowest BCUT2D eigenvalue weighted by molar-refractivity contribution is -0.116. The molecule has 8 nitrogen and oxygen atoms in total. The summed E-state index contributed by atoms with van der Waals surface area (Å²) in [7, 11) is 1.59. The first-order valence-corrected chi connectivity index (χ1v) is 9.74. The standard InChI is InChI=1S/C22H21FN6O2/c1-31-18-8-6-17(7-9-18)25-22(30)13-12-21-27-26-20-11-10-19(28-29(20)21)24-14-15-2-4-16(23)5-3-15/h2-11H,12-14H2,1H3,(H,24,28)(H,25,30). The lowest BCUT2D eigenvalue weighted by Gasteiger charge is -2.07. The van der Waals surface area contributed by atoms with E-state index in [0.717, 1.165) is 11.3 Å². The van der Waals surface area contributed by atoms with Gasteiger partial charge in [0.1, 0.15) is 17.4 Å². The SMILES string of the molecule is COc1ccc(NC(=O)CCc2nnc3ccc(NCc4ccc(F)cc4)nn23)cc1. The number of anilines is 2. The van der Waals surface area contributed by atoms with Gasteiger partial charge < -0.3 is 15.4 Å². The molecule has 0 aliphatic carbocycles. The number of ether oxygens (including phenoxy) is 1. The number of carbonyl (C=O) groups is 1. The van der Waals surface area contributed by atoms with Crippen molar-refractivity contribution in [3.63, 3.8) is 0 Å². The summed E-state index contributed by atoms with van der Waals surface area (Å²) in [4.78, 5) is 12.3. The van der Waals surface area contributed by atoms with Crippen molar-refractivity contribution in [2.45, 2.75) is 19.4 Å². The van der Waals surface area contributed by atoms with Gasteiger partial charge in [-0.1, -0.05) is 12.1 Å². The van der Waals surface area contributed by atoms with Crippen LogP contribution in [0.1, 0.15) is 17.8 Å². The number of rotatable bonds is 8. The molecule has 0 unspecified atom stereocenters. The van der Waals surface area contributed by atoms with Crippen LogP contribution >= 0.6 is 0 Å². The first-order valence-electron chi connectivity index (χ1n) is 9.74. The van der Waals surface area contributed by atoms with E-state index in [1.165, 1.54) is 12.1 Å². The molecule has 9 heteroatoms. The summed E-state index contributed by atoms with van der Waals surface area (Å²) in [5.74, 6) is 1.54. The van der Waals surface area contributed by atoms with Crippen LogP contribution in [-0.2, 0) is 17.8 Å². The lowest BCUT2D eigenvalue weighted by atomic mass is 10.2. The number of nitrogens with zero attached hydrogens (tertiary/aromatic N) is 4. The number of benzene rings is 2. The molecule has 0 aliphatic rings. The van der Waals surface area contributed by atoms with Crippen LogP contribution in [0.4, 0.5) is 15.9 Å². The number of nitrogens with one attached hydrogen (secondary N) is 2. The summed E-state index contributed by atoms with van der Waals surface area (Å²) in [6, 6.07) is 17.0. The second kappa shape index (κ2) is 9.21. The highest BCUT2D eigenvalue weighted by Crippen LogP contribution is 2.16. The van der Waals surface area contributed by atoms with E-state index in [9.17, 15) is 9.18 Å². The Morgan fingerprint density at radius 2 is 1.81 bits per heavy atom. The predicted molar refractivity (Wildman–Crippen MR) is 114 cm³/mol. The van der Waals surface area contributed by atoms with Crippen LogP contribution in [0.2, 0.25) is 0 Å². The molecule has 1 amide bonds. The largest absolute Gasteiger partial charge is 0.497 e. The minimum Gasteiger partial charge on any atom is -0.497 e. The van der Waals surface area contributed by atoms with E-state index in [0.29, 0.717) is 35.9 Å². The monoisotopic (exact) mass is 420 g/mol. The second-order valence-electron chi connectivity index (χ2n) is 6.86. The van der Waals surface area contributed by atoms with Crippen molar-refractivity contribution in [3.8, 4) is 5.75 Å². The Morgan fingerprint density at radius 1 is 1.03 bits per heavy atom. The first kappa shape index (κ1) is 20.3. The van der Waals surface area contributed by atoms with E-state index in [1.807, 2.05) is 0 Å². The highest BCUT2D eigenvalue weighted by atomic mass is 19.1. The first-order chi connectivity index (χ1) is 15.1. The summed E-state index contributed by atoms with van der Waals surface area (Å²) in [6.07, 6.45) is 0.624. The van der Waals surface area contributed by atoms with Crippen molar-refractivity contribution in [1.82, 2.24) is 19.8 Å². The molecule has 0 bridgehead atoms. The van der Waals surface area contributed by atoms with Crippen molar-refractivity contribution >= 4 is 23.1 Å². The predicted octanol–water partition coefficient (Wildman–Crippen LogP) is 3.46. The Kier molecular flexibility index (Phi) is 6.02. The Hall–Kier alpha value is -4.01. The average Bonchev–Trinajstić information content (AvgIpc) is 3.20. The third-order valence-corrected chi connectivity index (χ3v) is 4.66. The fourth-order valence-electron chi connectivity index (χ4n) is 3.00. The maximum atomic E-state index is 13.0. The number of halogens is 1. The van der Waals surface area contributed by atoms with E-state index in [2.05, 4.69) is 25.9 Å². The van der Waals surface area contributed by atoms with Gasteiger partial charge >= 0.3 is 0 Å². The van der Waals surface area contributed by atoms with Crippen LogP contribution in [-0.4, -0.2) is 32.8 Å². The second-order valence-corrected chi connectivity index (χ2v) is 6.86. The van der Waals surface area contributed by atoms with Gasteiger partial charge in [-0.15, -0.1) is 15.3 Å². The minimum atomic E-state index is -0.270. The van der Waals surface area contributed by atoms with E-state index in [4.69, 9.17) is 4.74 Å². The van der Waals surface area contributed by atoms with Crippen molar-refractivity contribution < 1.29 is 13.9 Å². The van der Waals surface area contributed by atoms with Crippen molar-refractivity contribution in [2.75, 3.05) is 17.7 Å². The number of methoxy groups -OCH3 is 1. The maximum Gasteiger partial charge on any atom is 0.224 e. The average molecular weight is 420 g/mol. The third-order valence-electron chi connectivity index (χ3n) is 4.66. The number of carbonyl (C=O) groups excluding carboxylic acids is 1. The van der Waals surface area contributed by atoms with Crippen molar-refractivity contribution in [1.29, 1.82) is 0 Å². The smallest absolute Gasteiger partial charge is 0.224 e. The molecule has 0 saturated carbocycles. The summed E-state index contributed by atoms with van der Waals surface area (Å²) in [6.45, 7) is 0.501. The minimum absolute atomic E-state index is 0.132. The molecule has 0 aliphatic heterocycles. The van der Waals surface area contributed by atoms with Crippen molar-refractivity contribution in [2.24, 2.45) is 0 Å². The molecule has 158 valence electrons. The number of hydrogen-bond acceptors (Lipinski definition) is 6. The summed E-state index contributed by atoms with van der Waals surface area (Å²) < 4.78 is 19.8. The van der Waals surface area contributed by atoms with Crippen molar-refractivity contribution in [3.05, 3.63) is 77.9 Å². The Balaban J connectivity index is 1.37. The molecule has 2 N–H and O–H groups in total. The Bertz CT molecular complexity index is 1180. The molecule has 0 radical (unpaired) electrons. The molecule has 2 aromatic carbocycles. The molecule has 4 rings (SSSR count). The van der Waals surface area contributed by atoms with Crippen LogP contribution in [0.15, 0.2) is 60.7 Å². The lowest BCUT2D eigenvalue weighted by Crippen LogP contribution is -2.13. The molecule has 0 fully saturated rings. The van der Waals surface area contributed by atoms with Crippen LogP contribution < -0.4 is 15.4 Å². The topological polar surface area (TPSA) is 93.4 Å². The molecule has 2 heterocycles.